The molecule has 3 rings (SSSR count). The van der Waals surface area contributed by atoms with E-state index < -0.39 is 0 Å². The predicted molar refractivity (Wildman–Crippen MR) is 95.7 cm³/mol. The molecule has 0 aliphatic heterocycles. The van der Waals surface area contributed by atoms with Crippen molar-refractivity contribution >= 4 is 5.82 Å². The fourth-order valence-corrected chi connectivity index (χ4v) is 2.49. The lowest BCUT2D eigenvalue weighted by Gasteiger charge is -2.26. The summed E-state index contributed by atoms with van der Waals surface area (Å²) in [5.41, 5.74) is 3.01. The quantitative estimate of drug-likeness (QED) is 0.718. The molecule has 0 fully saturated rings. The van der Waals surface area contributed by atoms with Crippen molar-refractivity contribution in [3.05, 3.63) is 66.4 Å². The molecule has 0 aliphatic rings. The molecular weight excluding hydrogens is 298 g/mol. The fourth-order valence-electron chi connectivity index (χ4n) is 2.49. The zero-order chi connectivity index (χ0) is 16.9. The van der Waals surface area contributed by atoms with Gasteiger partial charge in [0.15, 0.2) is 5.82 Å². The highest BCUT2D eigenvalue weighted by atomic mass is 15.2. The van der Waals surface area contributed by atoms with E-state index >= 15 is 0 Å². The number of aryl methyl sites for hydroxylation is 1. The molecule has 3 aromatic heterocycles. The van der Waals surface area contributed by atoms with Crippen LogP contribution in [0.2, 0.25) is 0 Å². The van der Waals surface area contributed by atoms with E-state index in [2.05, 4.69) is 33.7 Å². The van der Waals surface area contributed by atoms with Gasteiger partial charge >= 0.3 is 0 Å². The summed E-state index contributed by atoms with van der Waals surface area (Å²) in [6.45, 7) is 4.23. The van der Waals surface area contributed by atoms with Crippen LogP contribution in [0.3, 0.4) is 0 Å². The SMILES string of the molecule is CCc1cc(N(C)[C@H](C)c2ccccn2)nc(-c2ccncc2)n1. The second-order valence-electron chi connectivity index (χ2n) is 5.67. The normalized spacial score (nSPS) is 12.0. The van der Waals surface area contributed by atoms with Crippen LogP contribution in [0.5, 0.6) is 0 Å². The Balaban J connectivity index is 1.98. The summed E-state index contributed by atoms with van der Waals surface area (Å²) in [6.07, 6.45) is 6.20. The summed E-state index contributed by atoms with van der Waals surface area (Å²) in [7, 11) is 2.04. The van der Waals surface area contributed by atoms with Gasteiger partial charge in [0.05, 0.1) is 11.7 Å². The molecular formula is C19H21N5. The zero-order valence-corrected chi connectivity index (χ0v) is 14.2. The van der Waals surface area contributed by atoms with Crippen LogP contribution in [0, 0.1) is 0 Å². The Morgan fingerprint density at radius 2 is 1.83 bits per heavy atom. The van der Waals surface area contributed by atoms with Gasteiger partial charge in [-0.25, -0.2) is 9.97 Å². The molecule has 0 bridgehead atoms. The molecule has 122 valence electrons. The fraction of sp³-hybridized carbons (Fsp3) is 0.263. The average Bonchev–Trinajstić information content (AvgIpc) is 2.67. The van der Waals surface area contributed by atoms with E-state index in [-0.39, 0.29) is 6.04 Å². The molecule has 0 saturated heterocycles. The lowest BCUT2D eigenvalue weighted by atomic mass is 10.2. The van der Waals surface area contributed by atoms with Crippen molar-refractivity contribution in [2.24, 2.45) is 0 Å². The zero-order valence-electron chi connectivity index (χ0n) is 14.2. The summed E-state index contributed by atoms with van der Waals surface area (Å²) >= 11 is 0. The Kier molecular flexibility index (Phi) is 4.79. The number of pyridine rings is 2. The monoisotopic (exact) mass is 319 g/mol. The van der Waals surface area contributed by atoms with Crippen LogP contribution in [0.15, 0.2) is 55.0 Å². The standard InChI is InChI=1S/C19H21N5/c1-4-16-13-18(23-19(22-16)15-8-11-20-12-9-15)24(3)14(2)17-7-5-6-10-21-17/h5-14H,4H2,1-3H3/t14-/m1/s1. The first kappa shape index (κ1) is 16.1. The van der Waals surface area contributed by atoms with Gasteiger partial charge in [0.2, 0.25) is 0 Å². The van der Waals surface area contributed by atoms with Gasteiger partial charge in [-0.2, -0.15) is 0 Å². The van der Waals surface area contributed by atoms with Crippen molar-refractivity contribution in [2.75, 3.05) is 11.9 Å². The van der Waals surface area contributed by atoms with Crippen LogP contribution in [-0.4, -0.2) is 27.0 Å². The van der Waals surface area contributed by atoms with Crippen molar-refractivity contribution in [3.63, 3.8) is 0 Å². The van der Waals surface area contributed by atoms with E-state index in [9.17, 15) is 0 Å². The van der Waals surface area contributed by atoms with Gasteiger partial charge in [0, 0.05) is 43.0 Å². The van der Waals surface area contributed by atoms with Gasteiger partial charge in [-0.15, -0.1) is 0 Å². The highest BCUT2D eigenvalue weighted by Gasteiger charge is 2.16. The third kappa shape index (κ3) is 3.40. The molecule has 0 aliphatic carbocycles. The molecule has 5 heteroatoms. The number of nitrogens with zero attached hydrogens (tertiary/aromatic N) is 5. The third-order valence-corrected chi connectivity index (χ3v) is 4.12. The van der Waals surface area contributed by atoms with Crippen LogP contribution >= 0.6 is 0 Å². The van der Waals surface area contributed by atoms with Crippen LogP contribution in [0.25, 0.3) is 11.4 Å². The first-order chi connectivity index (χ1) is 11.7. The third-order valence-electron chi connectivity index (χ3n) is 4.12. The van der Waals surface area contributed by atoms with Gasteiger partial charge in [0.1, 0.15) is 5.82 Å². The van der Waals surface area contributed by atoms with Crippen molar-refractivity contribution in [2.45, 2.75) is 26.3 Å². The molecule has 0 unspecified atom stereocenters. The first-order valence-electron chi connectivity index (χ1n) is 8.11. The minimum Gasteiger partial charge on any atom is -0.351 e. The minimum absolute atomic E-state index is 0.121. The molecule has 0 amide bonds. The van der Waals surface area contributed by atoms with Crippen LogP contribution in [0.4, 0.5) is 5.82 Å². The second-order valence-corrected chi connectivity index (χ2v) is 5.67. The van der Waals surface area contributed by atoms with Gasteiger partial charge in [0.25, 0.3) is 0 Å². The maximum absolute atomic E-state index is 4.76. The second kappa shape index (κ2) is 7.17. The number of hydrogen-bond donors (Lipinski definition) is 0. The summed E-state index contributed by atoms with van der Waals surface area (Å²) in [4.78, 5) is 20.1. The number of aromatic nitrogens is 4. The topological polar surface area (TPSA) is 54.8 Å². The molecule has 0 aromatic carbocycles. The lowest BCUT2D eigenvalue weighted by molar-refractivity contribution is 0.702. The van der Waals surface area contributed by atoms with E-state index in [0.717, 1.165) is 35.0 Å². The van der Waals surface area contributed by atoms with Crippen molar-refractivity contribution in [3.8, 4) is 11.4 Å². The molecule has 0 N–H and O–H groups in total. The van der Waals surface area contributed by atoms with E-state index in [1.165, 1.54) is 0 Å². The van der Waals surface area contributed by atoms with Crippen LogP contribution in [0.1, 0.15) is 31.3 Å². The van der Waals surface area contributed by atoms with Crippen molar-refractivity contribution < 1.29 is 0 Å². The lowest BCUT2D eigenvalue weighted by Crippen LogP contribution is -2.24. The maximum Gasteiger partial charge on any atom is 0.161 e. The summed E-state index contributed by atoms with van der Waals surface area (Å²) in [6, 6.07) is 12.0. The molecule has 0 spiro atoms. The van der Waals surface area contributed by atoms with Crippen molar-refractivity contribution in [1.82, 2.24) is 19.9 Å². The molecule has 24 heavy (non-hydrogen) atoms. The van der Waals surface area contributed by atoms with E-state index in [0.29, 0.717) is 0 Å². The van der Waals surface area contributed by atoms with Crippen LogP contribution in [-0.2, 0) is 6.42 Å². The predicted octanol–water partition coefficient (Wildman–Crippen LogP) is 3.69. The number of hydrogen-bond acceptors (Lipinski definition) is 5. The summed E-state index contributed by atoms with van der Waals surface area (Å²) in [5, 5.41) is 0. The molecule has 1 atom stereocenters. The van der Waals surface area contributed by atoms with E-state index in [1.54, 1.807) is 12.4 Å². The van der Waals surface area contributed by atoms with Gasteiger partial charge < -0.3 is 4.90 Å². The van der Waals surface area contributed by atoms with Gasteiger partial charge in [-0.05, 0) is 37.6 Å². The van der Waals surface area contributed by atoms with Gasteiger partial charge in [-0.1, -0.05) is 13.0 Å². The number of anilines is 1. The Bertz CT molecular complexity index is 789. The molecule has 3 aromatic rings. The van der Waals surface area contributed by atoms with Crippen LogP contribution < -0.4 is 4.90 Å². The summed E-state index contributed by atoms with van der Waals surface area (Å²) in [5.74, 6) is 1.62. The first-order valence-corrected chi connectivity index (χ1v) is 8.11. The average molecular weight is 319 g/mol. The minimum atomic E-state index is 0.121. The maximum atomic E-state index is 4.76. The van der Waals surface area contributed by atoms with E-state index in [4.69, 9.17) is 4.98 Å². The molecule has 0 saturated carbocycles. The highest BCUT2D eigenvalue weighted by molar-refractivity contribution is 5.57. The Morgan fingerprint density at radius 3 is 2.50 bits per heavy atom. The largest absolute Gasteiger partial charge is 0.351 e. The Hall–Kier alpha value is -2.82. The Morgan fingerprint density at radius 1 is 1.04 bits per heavy atom. The molecule has 3 heterocycles. The molecule has 5 nitrogen and oxygen atoms in total. The molecule has 0 radical (unpaired) electrons. The smallest absolute Gasteiger partial charge is 0.161 e. The van der Waals surface area contributed by atoms with Gasteiger partial charge in [-0.3, -0.25) is 9.97 Å². The van der Waals surface area contributed by atoms with Crippen molar-refractivity contribution in [1.29, 1.82) is 0 Å². The number of rotatable bonds is 5. The van der Waals surface area contributed by atoms with E-state index in [1.807, 2.05) is 49.6 Å². The highest BCUT2D eigenvalue weighted by Crippen LogP contribution is 2.25. The Labute approximate surface area is 142 Å². The summed E-state index contributed by atoms with van der Waals surface area (Å²) < 4.78 is 0.